The monoisotopic (exact) mass is 275 g/mol. The Balaban J connectivity index is 2.45. The highest BCUT2D eigenvalue weighted by Crippen LogP contribution is 2.21. The van der Waals surface area contributed by atoms with E-state index >= 15 is 0 Å². The van der Waals surface area contributed by atoms with Crippen LogP contribution >= 0.6 is 11.6 Å². The Labute approximate surface area is 110 Å². The zero-order chi connectivity index (χ0) is 13.5. The van der Waals surface area contributed by atoms with Crippen LogP contribution in [-0.2, 0) is 9.53 Å². The minimum atomic E-state index is -0.942. The van der Waals surface area contributed by atoms with Gasteiger partial charge in [0.1, 0.15) is 0 Å². The van der Waals surface area contributed by atoms with Gasteiger partial charge in [0.2, 0.25) is 0 Å². The fourth-order valence-electron chi connectivity index (χ4n) is 1.35. The molecule has 1 rings (SSSR count). The molecule has 6 heteroatoms. The molecule has 1 atom stereocenters. The lowest BCUT2D eigenvalue weighted by Crippen LogP contribution is -2.24. The first kappa shape index (κ1) is 14.7. The molecule has 0 spiro atoms. The van der Waals surface area contributed by atoms with Gasteiger partial charge in [-0.15, -0.1) is 0 Å². The van der Waals surface area contributed by atoms with Gasteiger partial charge in [-0.3, -0.25) is 4.79 Å². The van der Waals surface area contributed by atoms with Crippen LogP contribution < -0.4 is 5.32 Å². The van der Waals surface area contributed by atoms with Gasteiger partial charge >= 0.3 is 5.97 Å². The van der Waals surface area contributed by atoms with Crippen LogP contribution in [0.5, 0.6) is 0 Å². The lowest BCUT2D eigenvalue weighted by atomic mass is 10.2. The maximum absolute atomic E-state index is 13.5. The van der Waals surface area contributed by atoms with Crippen molar-refractivity contribution in [2.75, 3.05) is 18.5 Å². The van der Waals surface area contributed by atoms with E-state index in [4.69, 9.17) is 11.6 Å². The third-order valence-electron chi connectivity index (χ3n) is 2.19. The predicted octanol–water partition coefficient (Wildman–Crippen LogP) is 2.21. The smallest absolute Gasteiger partial charge is 0.308 e. The number of carbonyl (C=O) groups is 1. The molecule has 0 amide bonds. The van der Waals surface area contributed by atoms with Crippen LogP contribution in [0.3, 0.4) is 0 Å². The van der Waals surface area contributed by atoms with Gasteiger partial charge in [-0.25, -0.2) is 4.39 Å². The minimum absolute atomic E-state index is 0.000109. The van der Waals surface area contributed by atoms with E-state index < -0.39 is 17.9 Å². The summed E-state index contributed by atoms with van der Waals surface area (Å²) in [4.78, 5) is 11.1. The Bertz CT molecular complexity index is 414. The quantitative estimate of drug-likeness (QED) is 0.782. The van der Waals surface area contributed by atoms with Crippen molar-refractivity contribution in [1.82, 2.24) is 0 Å². The molecule has 18 heavy (non-hydrogen) atoms. The van der Waals surface area contributed by atoms with Crippen LogP contribution in [0, 0.1) is 5.82 Å². The topological polar surface area (TPSA) is 58.6 Å². The lowest BCUT2D eigenvalue weighted by molar-refractivity contribution is -0.145. The van der Waals surface area contributed by atoms with Crippen molar-refractivity contribution in [3.8, 4) is 0 Å². The summed E-state index contributed by atoms with van der Waals surface area (Å²) in [6.45, 7) is 1.99. The Hall–Kier alpha value is -1.33. The van der Waals surface area contributed by atoms with Crippen LogP contribution in [0.15, 0.2) is 18.2 Å². The number of ether oxygens (including phenoxy) is 1. The Kier molecular flexibility index (Phi) is 5.88. The average molecular weight is 276 g/mol. The number of nitrogens with one attached hydrogen (secondary N) is 1. The van der Waals surface area contributed by atoms with E-state index in [2.05, 4.69) is 10.1 Å². The summed E-state index contributed by atoms with van der Waals surface area (Å²) in [7, 11) is 0. The predicted molar refractivity (Wildman–Crippen MR) is 67.2 cm³/mol. The summed E-state index contributed by atoms with van der Waals surface area (Å²) in [6, 6.07) is 4.51. The number of anilines is 1. The maximum atomic E-state index is 13.5. The highest BCUT2D eigenvalue weighted by atomic mass is 35.5. The van der Waals surface area contributed by atoms with Gasteiger partial charge in [-0.2, -0.15) is 0 Å². The largest absolute Gasteiger partial charge is 0.466 e. The van der Waals surface area contributed by atoms with Gasteiger partial charge in [0.15, 0.2) is 5.82 Å². The molecule has 0 aliphatic heterocycles. The summed E-state index contributed by atoms with van der Waals surface area (Å²) >= 11 is 5.60. The van der Waals surface area contributed by atoms with E-state index in [0.717, 1.165) is 0 Å². The van der Waals surface area contributed by atoms with Gasteiger partial charge in [-0.05, 0) is 19.1 Å². The number of esters is 1. The second kappa shape index (κ2) is 7.18. The first-order valence-electron chi connectivity index (χ1n) is 5.56. The number of aliphatic hydroxyl groups is 1. The molecule has 0 radical (unpaired) electrons. The van der Waals surface area contributed by atoms with Crippen molar-refractivity contribution < 1.29 is 19.0 Å². The van der Waals surface area contributed by atoms with Crippen molar-refractivity contribution in [2.24, 2.45) is 0 Å². The Morgan fingerprint density at radius 3 is 3.00 bits per heavy atom. The number of carbonyl (C=O) groups excluding carboxylic acids is 1. The fraction of sp³-hybridized carbons (Fsp3) is 0.417. The number of benzene rings is 1. The summed E-state index contributed by atoms with van der Waals surface area (Å²) in [5.74, 6) is -1.07. The number of aliphatic hydroxyl groups excluding tert-OH is 1. The van der Waals surface area contributed by atoms with Crippen molar-refractivity contribution in [2.45, 2.75) is 19.4 Å². The molecule has 4 nitrogen and oxygen atoms in total. The van der Waals surface area contributed by atoms with E-state index in [1.165, 1.54) is 12.1 Å². The van der Waals surface area contributed by atoms with Crippen molar-refractivity contribution in [1.29, 1.82) is 0 Å². The summed E-state index contributed by atoms with van der Waals surface area (Å²) in [6.07, 6.45) is -1.08. The number of hydrogen-bond acceptors (Lipinski definition) is 4. The second-order valence-electron chi connectivity index (χ2n) is 3.65. The highest BCUT2D eigenvalue weighted by molar-refractivity contribution is 6.31. The molecule has 1 unspecified atom stereocenters. The lowest BCUT2D eigenvalue weighted by Gasteiger charge is -2.13. The van der Waals surface area contributed by atoms with Gasteiger partial charge < -0.3 is 15.2 Å². The van der Waals surface area contributed by atoms with Gasteiger partial charge in [0, 0.05) is 6.54 Å². The molecular formula is C12H15ClFNO3. The van der Waals surface area contributed by atoms with Gasteiger partial charge in [0.25, 0.3) is 0 Å². The molecule has 1 aromatic rings. The summed E-state index contributed by atoms with van der Waals surface area (Å²) in [5, 5.41) is 12.2. The van der Waals surface area contributed by atoms with Crippen LogP contribution in [0.25, 0.3) is 0 Å². The van der Waals surface area contributed by atoms with Gasteiger partial charge in [-0.1, -0.05) is 17.7 Å². The fourth-order valence-corrected chi connectivity index (χ4v) is 1.53. The van der Waals surface area contributed by atoms with E-state index in [9.17, 15) is 14.3 Å². The van der Waals surface area contributed by atoms with E-state index in [0.29, 0.717) is 0 Å². The minimum Gasteiger partial charge on any atom is -0.466 e. The molecule has 0 fully saturated rings. The molecule has 0 saturated heterocycles. The van der Waals surface area contributed by atoms with E-state index in [-0.39, 0.29) is 30.3 Å². The summed E-state index contributed by atoms with van der Waals surface area (Å²) < 4.78 is 18.2. The number of hydrogen-bond donors (Lipinski definition) is 2. The molecule has 0 bridgehead atoms. The Morgan fingerprint density at radius 1 is 1.61 bits per heavy atom. The summed E-state index contributed by atoms with van der Waals surface area (Å²) in [5.41, 5.74) is 0.186. The molecular weight excluding hydrogens is 261 g/mol. The Morgan fingerprint density at radius 2 is 2.33 bits per heavy atom. The van der Waals surface area contributed by atoms with Crippen LogP contribution in [0.4, 0.5) is 10.1 Å². The number of halogens is 2. The second-order valence-corrected chi connectivity index (χ2v) is 4.05. The van der Waals surface area contributed by atoms with Crippen LogP contribution in [-0.4, -0.2) is 30.3 Å². The van der Waals surface area contributed by atoms with Crippen molar-refractivity contribution >= 4 is 23.3 Å². The first-order chi connectivity index (χ1) is 8.54. The third-order valence-corrected chi connectivity index (χ3v) is 2.48. The standard InChI is InChI=1S/C12H15ClFNO3/c1-2-18-11(17)6-8(16)7-15-10-5-3-4-9(13)12(10)14/h3-5,8,15-16H,2,6-7H2,1H3. The molecule has 0 aliphatic rings. The first-order valence-corrected chi connectivity index (χ1v) is 5.94. The van der Waals surface area contributed by atoms with Crippen LogP contribution in [0.1, 0.15) is 13.3 Å². The third kappa shape index (κ3) is 4.50. The van der Waals surface area contributed by atoms with Crippen molar-refractivity contribution in [3.05, 3.63) is 29.0 Å². The van der Waals surface area contributed by atoms with Crippen molar-refractivity contribution in [3.63, 3.8) is 0 Å². The molecule has 0 saturated carbocycles. The number of rotatable bonds is 6. The van der Waals surface area contributed by atoms with Gasteiger partial charge in [0.05, 0.1) is 29.8 Å². The molecule has 0 heterocycles. The average Bonchev–Trinajstić information content (AvgIpc) is 2.31. The molecule has 2 N–H and O–H groups in total. The maximum Gasteiger partial charge on any atom is 0.308 e. The van der Waals surface area contributed by atoms with E-state index in [1.54, 1.807) is 13.0 Å². The zero-order valence-electron chi connectivity index (χ0n) is 9.95. The molecule has 1 aromatic carbocycles. The molecule has 0 aliphatic carbocycles. The van der Waals surface area contributed by atoms with Crippen LogP contribution in [0.2, 0.25) is 5.02 Å². The molecule has 100 valence electrons. The normalized spacial score (nSPS) is 12.0. The SMILES string of the molecule is CCOC(=O)CC(O)CNc1cccc(Cl)c1F. The molecule has 0 aromatic heterocycles. The zero-order valence-corrected chi connectivity index (χ0v) is 10.7. The highest BCUT2D eigenvalue weighted by Gasteiger charge is 2.13. The van der Waals surface area contributed by atoms with E-state index in [1.807, 2.05) is 0 Å².